The Balaban J connectivity index is 3.27. The molecule has 6 nitrogen and oxygen atoms in total. The van der Waals surface area contributed by atoms with E-state index >= 15 is 0 Å². The van der Waals surface area contributed by atoms with Gasteiger partial charge in [0.25, 0.3) is 0 Å². The second-order valence-corrected chi connectivity index (χ2v) is 24.9. The van der Waals surface area contributed by atoms with Crippen molar-refractivity contribution in [1.82, 2.24) is 5.32 Å². The van der Waals surface area contributed by atoms with Crippen molar-refractivity contribution < 1.29 is 24.5 Å². The lowest BCUT2D eigenvalue weighted by atomic mass is 10.0. The zero-order valence-electron chi connectivity index (χ0n) is 54.1. The summed E-state index contributed by atoms with van der Waals surface area (Å²) in [6.07, 6.45) is 89.8. The van der Waals surface area contributed by atoms with E-state index in [0.29, 0.717) is 19.4 Å². The molecular weight excluding hydrogens is 983 g/mol. The van der Waals surface area contributed by atoms with Gasteiger partial charge in [0.1, 0.15) is 0 Å². The van der Waals surface area contributed by atoms with Crippen LogP contribution in [0.5, 0.6) is 0 Å². The second-order valence-electron chi connectivity index (χ2n) is 24.9. The summed E-state index contributed by atoms with van der Waals surface area (Å²) in [6, 6.07) is -0.621. The number of unbranched alkanes of at least 4 members (excludes halogenated alkanes) is 53. The van der Waals surface area contributed by atoms with Crippen LogP contribution in [0.1, 0.15) is 399 Å². The van der Waals surface area contributed by atoms with Gasteiger partial charge in [0, 0.05) is 12.8 Å². The first-order valence-corrected chi connectivity index (χ1v) is 36.3. The molecule has 0 aliphatic carbocycles. The smallest absolute Gasteiger partial charge is 0.305 e. The summed E-state index contributed by atoms with van der Waals surface area (Å²) in [4.78, 5) is 24.5. The van der Waals surface area contributed by atoms with Crippen molar-refractivity contribution in [3.05, 3.63) is 36.5 Å². The number of nitrogens with one attached hydrogen (secondary N) is 1. The Hall–Kier alpha value is -1.92. The summed E-state index contributed by atoms with van der Waals surface area (Å²) in [7, 11) is 0. The molecule has 0 saturated carbocycles. The minimum atomic E-state index is -0.838. The first-order valence-electron chi connectivity index (χ1n) is 36.3. The number of carbonyl (C=O) groups excluding carboxylic acids is 2. The molecule has 0 aromatic carbocycles. The highest BCUT2D eigenvalue weighted by molar-refractivity contribution is 5.76. The maximum atomic E-state index is 12.4. The van der Waals surface area contributed by atoms with Crippen molar-refractivity contribution in [2.45, 2.75) is 411 Å². The largest absolute Gasteiger partial charge is 0.466 e. The molecule has 2 unspecified atom stereocenters. The average molecular weight is 1120 g/mol. The van der Waals surface area contributed by atoms with Crippen molar-refractivity contribution in [1.29, 1.82) is 0 Å². The van der Waals surface area contributed by atoms with E-state index in [1.54, 1.807) is 6.08 Å². The maximum Gasteiger partial charge on any atom is 0.305 e. The summed E-state index contributed by atoms with van der Waals surface area (Å²) < 4.78 is 5.50. The van der Waals surface area contributed by atoms with Gasteiger partial charge < -0.3 is 20.3 Å². The third kappa shape index (κ3) is 65.2. The first kappa shape index (κ1) is 78.1. The van der Waals surface area contributed by atoms with Crippen LogP contribution in [0, 0.1) is 0 Å². The molecule has 0 aromatic rings. The summed E-state index contributed by atoms with van der Waals surface area (Å²) in [5.41, 5.74) is 0. The van der Waals surface area contributed by atoms with E-state index < -0.39 is 12.1 Å². The monoisotopic (exact) mass is 1120 g/mol. The van der Waals surface area contributed by atoms with Crippen LogP contribution in [0.15, 0.2) is 36.5 Å². The van der Waals surface area contributed by atoms with Gasteiger partial charge in [-0.3, -0.25) is 9.59 Å². The molecule has 1 amide bonds. The van der Waals surface area contributed by atoms with Crippen molar-refractivity contribution in [3.8, 4) is 0 Å². The van der Waals surface area contributed by atoms with Gasteiger partial charge in [-0.25, -0.2) is 0 Å². The van der Waals surface area contributed by atoms with Crippen LogP contribution in [0.25, 0.3) is 0 Å². The van der Waals surface area contributed by atoms with Gasteiger partial charge in [-0.05, 0) is 64.2 Å². The van der Waals surface area contributed by atoms with Crippen molar-refractivity contribution in [2.75, 3.05) is 13.2 Å². The molecule has 80 heavy (non-hydrogen) atoms. The van der Waals surface area contributed by atoms with Gasteiger partial charge in [0.2, 0.25) is 5.91 Å². The highest BCUT2D eigenvalue weighted by atomic mass is 16.5. The van der Waals surface area contributed by atoms with Crippen LogP contribution in [-0.4, -0.2) is 47.4 Å². The number of hydrogen-bond acceptors (Lipinski definition) is 5. The third-order valence-corrected chi connectivity index (χ3v) is 16.9. The lowest BCUT2D eigenvalue weighted by molar-refractivity contribution is -0.143. The van der Waals surface area contributed by atoms with Gasteiger partial charge in [-0.15, -0.1) is 0 Å². The van der Waals surface area contributed by atoms with Crippen LogP contribution in [-0.2, 0) is 14.3 Å². The number of aliphatic hydroxyl groups excluding tert-OH is 2. The molecule has 3 N–H and O–H groups in total. The van der Waals surface area contributed by atoms with Gasteiger partial charge >= 0.3 is 5.97 Å². The van der Waals surface area contributed by atoms with Crippen molar-refractivity contribution in [2.24, 2.45) is 0 Å². The number of carbonyl (C=O) groups is 2. The molecule has 0 rings (SSSR count). The van der Waals surface area contributed by atoms with Gasteiger partial charge in [-0.1, -0.05) is 359 Å². The lowest BCUT2D eigenvalue weighted by Gasteiger charge is -2.20. The van der Waals surface area contributed by atoms with Crippen LogP contribution in [0.3, 0.4) is 0 Å². The minimum absolute atomic E-state index is 0.0156. The zero-order chi connectivity index (χ0) is 57.8. The molecular formula is C74H141NO5. The highest BCUT2D eigenvalue weighted by Crippen LogP contribution is 2.19. The van der Waals surface area contributed by atoms with Crippen LogP contribution >= 0.6 is 0 Å². The topological polar surface area (TPSA) is 95.9 Å². The van der Waals surface area contributed by atoms with E-state index in [0.717, 1.165) is 51.4 Å². The number of ether oxygens (including phenoxy) is 1. The van der Waals surface area contributed by atoms with E-state index in [4.69, 9.17) is 4.74 Å². The van der Waals surface area contributed by atoms with Crippen molar-refractivity contribution in [3.63, 3.8) is 0 Å². The normalized spacial score (nSPS) is 12.7. The Labute approximate surface area is 500 Å². The first-order chi connectivity index (χ1) is 39.5. The molecule has 0 bridgehead atoms. The SMILES string of the molecule is CCCCC/C=C\C/C=C\CCCCCCCCCC(=O)OCCCCCCCCCCCCCCCCCCCCCCCCCCCCCCCCCCCCCCCC(=O)NC(CO)C(O)/C=C/CCCCCCCCC. The summed E-state index contributed by atoms with van der Waals surface area (Å²) in [6.45, 7) is 4.88. The fraction of sp³-hybridized carbons (Fsp3) is 0.892. The van der Waals surface area contributed by atoms with Gasteiger partial charge in [-0.2, -0.15) is 0 Å². The quantitative estimate of drug-likeness (QED) is 0.0320. The molecule has 0 aliphatic heterocycles. The Morgan fingerprint density at radius 2 is 0.625 bits per heavy atom. The van der Waals surface area contributed by atoms with Crippen LogP contribution in [0.2, 0.25) is 0 Å². The fourth-order valence-corrected chi connectivity index (χ4v) is 11.4. The number of esters is 1. The number of rotatable bonds is 68. The number of allylic oxidation sites excluding steroid dienone is 5. The Morgan fingerprint density at radius 1 is 0.350 bits per heavy atom. The fourth-order valence-electron chi connectivity index (χ4n) is 11.4. The molecule has 6 heteroatoms. The third-order valence-electron chi connectivity index (χ3n) is 16.9. The molecule has 2 atom stereocenters. The van der Waals surface area contributed by atoms with Crippen molar-refractivity contribution >= 4 is 11.9 Å². The maximum absolute atomic E-state index is 12.4. The molecule has 0 saturated heterocycles. The Bertz CT molecular complexity index is 1300. The number of aliphatic hydroxyl groups is 2. The van der Waals surface area contributed by atoms with E-state index in [-0.39, 0.29) is 18.5 Å². The summed E-state index contributed by atoms with van der Waals surface area (Å²) in [5, 5.41) is 23.0. The standard InChI is InChI=1S/C74H141NO5/c1-3-5-7-9-11-13-14-15-16-38-42-45-48-52-56-60-64-68-74(79)80-69-65-61-57-53-49-46-43-40-37-35-33-31-29-27-25-23-21-19-17-18-20-22-24-26-28-30-32-34-36-39-41-44-47-51-55-59-63-67-73(78)75-71(70-76)72(77)66-62-58-54-50-12-10-8-6-4-2/h11,13,15-16,62,66,71-72,76-77H,3-10,12,14,17-61,63-65,67-70H2,1-2H3,(H,75,78)/b13-11-,16-15-,66-62+. The second kappa shape index (κ2) is 69.6. The van der Waals surface area contributed by atoms with Crippen LogP contribution < -0.4 is 5.32 Å². The van der Waals surface area contributed by atoms with Gasteiger partial charge in [0.05, 0.1) is 25.4 Å². The van der Waals surface area contributed by atoms with E-state index in [1.807, 2.05) is 6.08 Å². The lowest BCUT2D eigenvalue weighted by Crippen LogP contribution is -2.45. The number of hydrogen-bond donors (Lipinski definition) is 3. The molecule has 0 aromatic heterocycles. The summed E-state index contributed by atoms with van der Waals surface area (Å²) >= 11 is 0. The predicted molar refractivity (Wildman–Crippen MR) is 352 cm³/mol. The molecule has 472 valence electrons. The van der Waals surface area contributed by atoms with E-state index in [2.05, 4.69) is 43.5 Å². The van der Waals surface area contributed by atoms with Crippen LogP contribution in [0.4, 0.5) is 0 Å². The van der Waals surface area contributed by atoms with E-state index in [9.17, 15) is 19.8 Å². The Kier molecular flexibility index (Phi) is 67.9. The molecule has 0 fully saturated rings. The molecule has 0 aliphatic rings. The minimum Gasteiger partial charge on any atom is -0.466 e. The molecule has 0 radical (unpaired) electrons. The Morgan fingerprint density at radius 3 is 0.975 bits per heavy atom. The predicted octanol–water partition coefficient (Wildman–Crippen LogP) is 23.5. The highest BCUT2D eigenvalue weighted by Gasteiger charge is 2.18. The van der Waals surface area contributed by atoms with E-state index in [1.165, 1.54) is 321 Å². The molecule has 0 heterocycles. The zero-order valence-corrected chi connectivity index (χ0v) is 54.1. The summed E-state index contributed by atoms with van der Waals surface area (Å²) in [5.74, 6) is -0.0479. The molecule has 0 spiro atoms. The number of amides is 1. The van der Waals surface area contributed by atoms with Gasteiger partial charge in [0.15, 0.2) is 0 Å². The average Bonchev–Trinajstić information content (AvgIpc) is 3.46.